The van der Waals surface area contributed by atoms with E-state index in [9.17, 15) is 9.46 Å². The van der Waals surface area contributed by atoms with Crippen molar-refractivity contribution in [2.45, 2.75) is 141 Å². The number of nitrogens with zero attached hydrogens (tertiary/aromatic N) is 1. The Morgan fingerprint density at radius 2 is 1.05 bits per heavy atom. The van der Waals surface area contributed by atoms with E-state index < -0.39 is 7.82 Å². The highest BCUT2D eigenvalue weighted by Crippen LogP contribution is 2.43. The second-order valence-electron chi connectivity index (χ2n) is 12.3. The summed E-state index contributed by atoms with van der Waals surface area (Å²) in [5.41, 5.74) is 0. The van der Waals surface area contributed by atoms with E-state index in [-0.39, 0.29) is 19.3 Å². The van der Waals surface area contributed by atoms with E-state index in [2.05, 4.69) is 28.1 Å². The lowest BCUT2D eigenvalue weighted by Gasteiger charge is -2.23. The third-order valence-electron chi connectivity index (χ3n) is 7.18. The van der Waals surface area contributed by atoms with Crippen molar-refractivity contribution in [1.29, 1.82) is 0 Å². The van der Waals surface area contributed by atoms with Gasteiger partial charge in [0.1, 0.15) is 6.10 Å². The Morgan fingerprint density at radius 3 is 1.51 bits per heavy atom. The summed E-state index contributed by atoms with van der Waals surface area (Å²) in [4.78, 5) is 9.91. The van der Waals surface area contributed by atoms with Crippen LogP contribution in [0.25, 0.3) is 0 Å². The van der Waals surface area contributed by atoms with Crippen molar-refractivity contribution >= 4 is 7.82 Å². The van der Waals surface area contributed by atoms with Crippen molar-refractivity contribution in [3.05, 3.63) is 0 Å². The quantitative estimate of drug-likeness (QED) is 0.0502. The maximum absolute atomic E-state index is 12.1. The molecule has 8 heteroatoms. The molecule has 0 amide bonds. The predicted octanol–water partition coefficient (Wildman–Crippen LogP) is 8.68. The molecule has 0 aromatic rings. The molecule has 0 radical (unpaired) electrons. The van der Waals surface area contributed by atoms with E-state index in [1.807, 2.05) is 0 Å². The zero-order valence-corrected chi connectivity index (χ0v) is 27.5. The molecule has 236 valence electrons. The number of rotatable bonds is 31. The van der Waals surface area contributed by atoms with Gasteiger partial charge < -0.3 is 18.9 Å². The Hall–Kier alpha value is -0.0100. The molecule has 0 aliphatic heterocycles. The molecule has 0 bridgehead atoms. The van der Waals surface area contributed by atoms with Crippen molar-refractivity contribution in [3.8, 4) is 0 Å². The van der Waals surface area contributed by atoms with Gasteiger partial charge in [-0.3, -0.25) is 9.05 Å². The van der Waals surface area contributed by atoms with Crippen molar-refractivity contribution in [3.63, 3.8) is 0 Å². The number of hydrogen-bond donors (Lipinski definition) is 1. The van der Waals surface area contributed by atoms with Gasteiger partial charge in [-0.2, -0.15) is 0 Å². The van der Waals surface area contributed by atoms with Crippen molar-refractivity contribution in [1.82, 2.24) is 0 Å². The highest BCUT2D eigenvalue weighted by atomic mass is 31.2. The number of hydrogen-bond acceptors (Lipinski definition) is 5. The molecule has 1 unspecified atom stereocenters. The minimum Gasteiger partial charge on any atom is -0.379 e. The molecule has 0 aromatic carbocycles. The number of quaternary nitrogens is 1. The molecule has 0 aliphatic carbocycles. The zero-order valence-electron chi connectivity index (χ0n) is 26.6. The van der Waals surface area contributed by atoms with Crippen LogP contribution in [-0.2, 0) is 23.1 Å². The Morgan fingerprint density at radius 1 is 0.615 bits per heavy atom. The highest BCUT2D eigenvalue weighted by molar-refractivity contribution is 7.47. The molecule has 0 saturated heterocycles. The number of phosphoric acid groups is 1. The van der Waals surface area contributed by atoms with Crippen LogP contribution >= 0.6 is 7.82 Å². The summed E-state index contributed by atoms with van der Waals surface area (Å²) < 4.78 is 34.3. The summed E-state index contributed by atoms with van der Waals surface area (Å²) in [5.74, 6) is 0. The fourth-order valence-electron chi connectivity index (χ4n) is 4.59. The van der Waals surface area contributed by atoms with Gasteiger partial charge in [0, 0.05) is 13.7 Å². The van der Waals surface area contributed by atoms with Crippen LogP contribution in [0.3, 0.4) is 0 Å². The molecular formula is C31H67NO6P+. The fraction of sp³-hybridized carbons (Fsp3) is 1.00. The van der Waals surface area contributed by atoms with E-state index in [4.69, 9.17) is 18.5 Å². The van der Waals surface area contributed by atoms with Crippen LogP contribution < -0.4 is 0 Å². The zero-order chi connectivity index (χ0) is 29.1. The molecule has 0 heterocycles. The molecule has 7 nitrogen and oxygen atoms in total. The Bertz CT molecular complexity index is 558. The summed E-state index contributed by atoms with van der Waals surface area (Å²) in [6, 6.07) is 0. The van der Waals surface area contributed by atoms with Crippen LogP contribution in [0, 0.1) is 0 Å². The van der Waals surface area contributed by atoms with Gasteiger partial charge in [0.15, 0.2) is 0 Å². The maximum atomic E-state index is 12.1. The van der Waals surface area contributed by atoms with Gasteiger partial charge in [-0.15, -0.1) is 0 Å². The molecule has 0 saturated carbocycles. The molecule has 0 aromatic heterocycles. The monoisotopic (exact) mass is 580 g/mol. The average molecular weight is 581 g/mol. The predicted molar refractivity (Wildman–Crippen MR) is 164 cm³/mol. The average Bonchev–Trinajstić information content (AvgIpc) is 2.88. The van der Waals surface area contributed by atoms with Gasteiger partial charge in [0.2, 0.25) is 0 Å². The van der Waals surface area contributed by atoms with Gasteiger partial charge in [-0.1, -0.05) is 110 Å². The van der Waals surface area contributed by atoms with E-state index >= 15 is 0 Å². The van der Waals surface area contributed by atoms with E-state index in [1.165, 1.54) is 96.3 Å². The molecule has 0 fully saturated rings. The van der Waals surface area contributed by atoms with Gasteiger partial charge in [0.25, 0.3) is 0 Å². The molecular weight excluding hydrogens is 513 g/mol. The largest absolute Gasteiger partial charge is 0.472 e. The number of ether oxygens (including phenoxy) is 2. The molecule has 1 N–H and O–H groups in total. The minimum absolute atomic E-state index is 0.0211. The first kappa shape index (κ1) is 39.0. The molecule has 39 heavy (non-hydrogen) atoms. The number of methoxy groups -OCH3 is 1. The lowest BCUT2D eigenvalue weighted by atomic mass is 10.0. The number of phosphoric ester groups is 1. The van der Waals surface area contributed by atoms with Crippen LogP contribution in [0.5, 0.6) is 0 Å². The third-order valence-corrected chi connectivity index (χ3v) is 8.16. The normalized spacial score (nSPS) is 14.5. The van der Waals surface area contributed by atoms with Crippen LogP contribution in [-0.4, -0.2) is 76.7 Å². The van der Waals surface area contributed by atoms with Gasteiger partial charge in [-0.05, 0) is 25.7 Å². The topological polar surface area (TPSA) is 74.2 Å². The summed E-state index contributed by atoms with van der Waals surface area (Å²) in [6.07, 6.45) is 25.2. The summed E-state index contributed by atoms with van der Waals surface area (Å²) in [5, 5.41) is 0. The molecule has 2 atom stereocenters. The Balaban J connectivity index is 3.52. The minimum atomic E-state index is -4.06. The smallest absolute Gasteiger partial charge is 0.379 e. The van der Waals surface area contributed by atoms with Crippen LogP contribution in [0.1, 0.15) is 135 Å². The standard InChI is InChI=1S/C31H66NO6P/c1-6-7-8-9-10-11-12-13-14-15-16-17-18-19-21-24-27-36-29-31(35-5)30-38-39(33,34)37-28-25-22-20-23-26-32(2,3)4/h31H,6-30H2,1-5H3/p+1/t31-/m1/s1. The lowest BCUT2D eigenvalue weighted by Crippen LogP contribution is -2.35. The van der Waals surface area contributed by atoms with Crippen LogP contribution in [0.4, 0.5) is 0 Å². The maximum Gasteiger partial charge on any atom is 0.472 e. The van der Waals surface area contributed by atoms with E-state index in [0.29, 0.717) is 13.2 Å². The van der Waals surface area contributed by atoms with Crippen molar-refractivity contribution in [2.75, 3.05) is 61.2 Å². The van der Waals surface area contributed by atoms with Crippen molar-refractivity contribution in [2.24, 2.45) is 0 Å². The first-order chi connectivity index (χ1) is 18.7. The van der Waals surface area contributed by atoms with Gasteiger partial charge >= 0.3 is 7.82 Å². The van der Waals surface area contributed by atoms with Gasteiger partial charge in [-0.25, -0.2) is 4.57 Å². The third kappa shape index (κ3) is 30.8. The lowest BCUT2D eigenvalue weighted by molar-refractivity contribution is -0.870. The van der Waals surface area contributed by atoms with E-state index in [0.717, 1.165) is 43.1 Å². The molecule has 0 spiro atoms. The summed E-state index contributed by atoms with van der Waals surface area (Å²) in [7, 11) is 4.05. The Labute approximate surface area is 242 Å². The summed E-state index contributed by atoms with van der Waals surface area (Å²) in [6.45, 7) is 4.64. The van der Waals surface area contributed by atoms with Crippen molar-refractivity contribution < 1.29 is 32.5 Å². The van der Waals surface area contributed by atoms with E-state index in [1.54, 1.807) is 7.11 Å². The molecule has 0 aliphatic rings. The second-order valence-corrected chi connectivity index (χ2v) is 13.7. The SMILES string of the molecule is CCCCCCCCCCCCCCCCCCOC[C@H](COP(=O)(O)OCCCCCC[N+](C)(C)C)OC. The van der Waals surface area contributed by atoms with Crippen LogP contribution in [0.2, 0.25) is 0 Å². The first-order valence-corrected chi connectivity index (χ1v) is 17.7. The van der Waals surface area contributed by atoms with Crippen LogP contribution in [0.15, 0.2) is 0 Å². The highest BCUT2D eigenvalue weighted by Gasteiger charge is 2.23. The molecule has 0 rings (SSSR count). The first-order valence-electron chi connectivity index (χ1n) is 16.2. The fourth-order valence-corrected chi connectivity index (χ4v) is 5.38. The Kier molecular flexibility index (Phi) is 26.9. The number of unbranched alkanes of at least 4 members (excludes halogenated alkanes) is 18. The second kappa shape index (κ2) is 26.9. The summed E-state index contributed by atoms with van der Waals surface area (Å²) >= 11 is 0. The van der Waals surface area contributed by atoms with Gasteiger partial charge in [0.05, 0.1) is 47.5 Å².